The predicted molar refractivity (Wildman–Crippen MR) is 94.3 cm³/mol. The molecular formula is C15H22ClN3O4S. The third-order valence-corrected chi connectivity index (χ3v) is 5.41. The van der Waals surface area contributed by atoms with Gasteiger partial charge in [-0.15, -0.1) is 0 Å². The molecule has 1 aromatic rings. The van der Waals surface area contributed by atoms with Gasteiger partial charge in [-0.3, -0.25) is 14.0 Å². The molecule has 0 radical (unpaired) electrons. The second-order valence-corrected chi connectivity index (χ2v) is 8.03. The van der Waals surface area contributed by atoms with E-state index >= 15 is 0 Å². The standard InChI is InChI=1S/C15H22ClN3O4S/c1-18(24(2,21)22)12-3-4-14(16)13(11-12)15(20)17-5-6-19-7-9-23-10-8-19/h3-4,11H,5-10H2,1-2H3,(H,17,20). The molecular weight excluding hydrogens is 354 g/mol. The molecule has 2 rings (SSSR count). The number of morpholine rings is 1. The van der Waals surface area contributed by atoms with Gasteiger partial charge in [0.05, 0.1) is 35.7 Å². The highest BCUT2D eigenvalue weighted by Crippen LogP contribution is 2.24. The van der Waals surface area contributed by atoms with Gasteiger partial charge in [-0.1, -0.05) is 11.6 Å². The Morgan fingerprint density at radius 1 is 1.38 bits per heavy atom. The number of sulfonamides is 1. The van der Waals surface area contributed by atoms with Crippen LogP contribution in [-0.2, 0) is 14.8 Å². The van der Waals surface area contributed by atoms with E-state index in [1.54, 1.807) is 6.07 Å². The Hall–Kier alpha value is -1.35. The van der Waals surface area contributed by atoms with Crippen molar-refractivity contribution in [1.29, 1.82) is 0 Å². The van der Waals surface area contributed by atoms with Crippen LogP contribution < -0.4 is 9.62 Å². The number of carbonyl (C=O) groups excluding carboxylic acids is 1. The molecule has 9 heteroatoms. The number of amides is 1. The molecule has 1 saturated heterocycles. The lowest BCUT2D eigenvalue weighted by molar-refractivity contribution is 0.0383. The molecule has 0 spiro atoms. The average molecular weight is 376 g/mol. The summed E-state index contributed by atoms with van der Waals surface area (Å²) >= 11 is 6.08. The van der Waals surface area contributed by atoms with Crippen molar-refractivity contribution in [2.45, 2.75) is 0 Å². The summed E-state index contributed by atoms with van der Waals surface area (Å²) in [6, 6.07) is 4.57. The number of ether oxygens (including phenoxy) is 1. The molecule has 1 N–H and O–H groups in total. The van der Waals surface area contributed by atoms with Crippen LogP contribution >= 0.6 is 11.6 Å². The number of anilines is 1. The van der Waals surface area contributed by atoms with Crippen LogP contribution in [0.15, 0.2) is 18.2 Å². The minimum absolute atomic E-state index is 0.256. The fourth-order valence-corrected chi connectivity index (χ4v) is 3.02. The Kier molecular flexibility index (Phi) is 6.45. The number of halogens is 1. The van der Waals surface area contributed by atoms with Crippen LogP contribution in [0.3, 0.4) is 0 Å². The van der Waals surface area contributed by atoms with Crippen LogP contribution in [0.25, 0.3) is 0 Å². The Labute approximate surface area is 147 Å². The van der Waals surface area contributed by atoms with E-state index in [1.165, 1.54) is 19.2 Å². The van der Waals surface area contributed by atoms with Crippen molar-refractivity contribution < 1.29 is 17.9 Å². The van der Waals surface area contributed by atoms with Gasteiger partial charge >= 0.3 is 0 Å². The topological polar surface area (TPSA) is 79.0 Å². The quantitative estimate of drug-likeness (QED) is 0.795. The van der Waals surface area contributed by atoms with E-state index in [2.05, 4.69) is 10.2 Å². The number of nitrogens with zero attached hydrogens (tertiary/aromatic N) is 2. The van der Waals surface area contributed by atoms with E-state index in [1.807, 2.05) is 0 Å². The Balaban J connectivity index is 2.00. The maximum atomic E-state index is 12.3. The maximum absolute atomic E-state index is 12.3. The van der Waals surface area contributed by atoms with Gasteiger partial charge in [0.15, 0.2) is 0 Å². The number of hydrogen-bond acceptors (Lipinski definition) is 5. The normalized spacial score (nSPS) is 16.0. The van der Waals surface area contributed by atoms with Crippen molar-refractivity contribution in [2.24, 2.45) is 0 Å². The van der Waals surface area contributed by atoms with Gasteiger partial charge in [0.1, 0.15) is 0 Å². The second kappa shape index (κ2) is 8.15. The van der Waals surface area contributed by atoms with E-state index in [0.717, 1.165) is 30.2 Å². The van der Waals surface area contributed by atoms with Gasteiger partial charge in [0.2, 0.25) is 10.0 Å². The molecule has 1 aromatic carbocycles. The maximum Gasteiger partial charge on any atom is 0.252 e. The summed E-state index contributed by atoms with van der Waals surface area (Å²) < 4.78 is 29.6. The van der Waals surface area contributed by atoms with Crippen LogP contribution in [0.1, 0.15) is 10.4 Å². The Morgan fingerprint density at radius 3 is 2.67 bits per heavy atom. The third kappa shape index (κ3) is 5.07. The van der Waals surface area contributed by atoms with Gasteiger partial charge in [-0.2, -0.15) is 0 Å². The first-order valence-corrected chi connectivity index (χ1v) is 9.83. The van der Waals surface area contributed by atoms with Crippen LogP contribution in [0.2, 0.25) is 5.02 Å². The van der Waals surface area contributed by atoms with Crippen molar-refractivity contribution in [3.63, 3.8) is 0 Å². The van der Waals surface area contributed by atoms with Gasteiger partial charge in [-0.05, 0) is 18.2 Å². The minimum Gasteiger partial charge on any atom is -0.379 e. The van der Waals surface area contributed by atoms with Crippen molar-refractivity contribution in [3.05, 3.63) is 28.8 Å². The van der Waals surface area contributed by atoms with Crippen molar-refractivity contribution in [3.8, 4) is 0 Å². The van der Waals surface area contributed by atoms with E-state index in [4.69, 9.17) is 16.3 Å². The molecule has 134 valence electrons. The summed E-state index contributed by atoms with van der Waals surface area (Å²) in [5, 5.41) is 3.10. The molecule has 1 fully saturated rings. The molecule has 0 aromatic heterocycles. The zero-order valence-electron chi connectivity index (χ0n) is 13.8. The molecule has 1 amide bonds. The van der Waals surface area contributed by atoms with E-state index in [0.29, 0.717) is 25.4 Å². The Morgan fingerprint density at radius 2 is 2.04 bits per heavy atom. The van der Waals surface area contributed by atoms with Gasteiger partial charge < -0.3 is 10.1 Å². The highest BCUT2D eigenvalue weighted by atomic mass is 35.5. The number of rotatable bonds is 6. The first-order valence-electron chi connectivity index (χ1n) is 7.61. The van der Waals surface area contributed by atoms with E-state index in [9.17, 15) is 13.2 Å². The van der Waals surface area contributed by atoms with Crippen molar-refractivity contribution in [2.75, 3.05) is 57.0 Å². The van der Waals surface area contributed by atoms with Gasteiger partial charge in [-0.25, -0.2) is 8.42 Å². The van der Waals surface area contributed by atoms with E-state index in [-0.39, 0.29) is 16.5 Å². The Bertz CT molecular complexity index is 690. The zero-order chi connectivity index (χ0) is 17.7. The molecule has 0 bridgehead atoms. The molecule has 1 heterocycles. The summed E-state index contributed by atoms with van der Waals surface area (Å²) in [7, 11) is -1.97. The fourth-order valence-electron chi connectivity index (χ4n) is 2.32. The first-order chi connectivity index (χ1) is 11.3. The zero-order valence-corrected chi connectivity index (χ0v) is 15.4. The third-order valence-electron chi connectivity index (χ3n) is 3.87. The molecule has 7 nitrogen and oxygen atoms in total. The molecule has 24 heavy (non-hydrogen) atoms. The van der Waals surface area contributed by atoms with Crippen LogP contribution in [0.5, 0.6) is 0 Å². The molecule has 1 aliphatic rings. The van der Waals surface area contributed by atoms with Crippen molar-refractivity contribution >= 4 is 33.2 Å². The van der Waals surface area contributed by atoms with Gasteiger partial charge in [0.25, 0.3) is 5.91 Å². The van der Waals surface area contributed by atoms with Crippen LogP contribution in [0.4, 0.5) is 5.69 Å². The van der Waals surface area contributed by atoms with E-state index < -0.39 is 10.0 Å². The average Bonchev–Trinajstić information content (AvgIpc) is 2.54. The number of carbonyl (C=O) groups is 1. The number of nitrogens with one attached hydrogen (secondary N) is 1. The lowest BCUT2D eigenvalue weighted by Crippen LogP contribution is -2.41. The predicted octanol–water partition coefficient (Wildman–Crippen LogP) is 0.798. The number of hydrogen-bond donors (Lipinski definition) is 1. The molecule has 0 unspecified atom stereocenters. The summed E-state index contributed by atoms with van der Waals surface area (Å²) in [5.41, 5.74) is 0.645. The molecule has 1 aliphatic heterocycles. The van der Waals surface area contributed by atoms with Crippen LogP contribution in [-0.4, -0.2) is 71.9 Å². The largest absolute Gasteiger partial charge is 0.379 e. The van der Waals surface area contributed by atoms with Crippen LogP contribution in [0, 0.1) is 0 Å². The first kappa shape index (κ1) is 19.0. The number of benzene rings is 1. The monoisotopic (exact) mass is 375 g/mol. The molecule has 0 saturated carbocycles. The summed E-state index contributed by atoms with van der Waals surface area (Å²) in [6.07, 6.45) is 1.10. The second-order valence-electron chi connectivity index (χ2n) is 5.60. The summed E-state index contributed by atoms with van der Waals surface area (Å²) in [4.78, 5) is 14.5. The van der Waals surface area contributed by atoms with Crippen molar-refractivity contribution in [1.82, 2.24) is 10.2 Å². The summed E-state index contributed by atoms with van der Waals surface area (Å²) in [6.45, 7) is 4.34. The lowest BCUT2D eigenvalue weighted by Gasteiger charge is -2.26. The van der Waals surface area contributed by atoms with Gasteiger partial charge in [0, 0.05) is 33.2 Å². The molecule has 0 atom stereocenters. The highest BCUT2D eigenvalue weighted by Gasteiger charge is 2.17. The SMILES string of the molecule is CN(c1ccc(Cl)c(C(=O)NCCN2CCOCC2)c1)S(C)(=O)=O. The fraction of sp³-hybridized carbons (Fsp3) is 0.533. The minimum atomic E-state index is -3.40. The summed E-state index contributed by atoms with van der Waals surface area (Å²) in [5.74, 6) is -0.322. The highest BCUT2D eigenvalue weighted by molar-refractivity contribution is 7.92. The molecule has 0 aliphatic carbocycles. The lowest BCUT2D eigenvalue weighted by atomic mass is 10.2. The smallest absolute Gasteiger partial charge is 0.252 e.